The summed E-state index contributed by atoms with van der Waals surface area (Å²) in [5.74, 6) is 1.02. The van der Waals surface area contributed by atoms with Crippen LogP contribution in [0.4, 0.5) is 0 Å². The first-order chi connectivity index (χ1) is 7.72. The fraction of sp³-hybridized carbons (Fsp3) is 0.500. The Morgan fingerprint density at radius 1 is 1.50 bits per heavy atom. The molecule has 0 aromatic carbocycles. The van der Waals surface area contributed by atoms with Crippen LogP contribution < -0.4 is 5.73 Å². The molecule has 0 fully saturated rings. The molecule has 2 N–H and O–H groups in total. The summed E-state index contributed by atoms with van der Waals surface area (Å²) in [6.07, 6.45) is 4.76. The number of pyridine rings is 1. The molecule has 0 aliphatic carbocycles. The molecule has 16 heavy (non-hydrogen) atoms. The predicted molar refractivity (Wildman–Crippen MR) is 65.1 cm³/mol. The molecule has 0 bridgehead atoms. The molecular formula is C12H18N4. The topological polar surface area (TPSA) is 56.7 Å². The van der Waals surface area contributed by atoms with Gasteiger partial charge in [0.05, 0.1) is 0 Å². The van der Waals surface area contributed by atoms with Crippen LogP contribution in [0.1, 0.15) is 25.6 Å². The number of hydrogen-bond acceptors (Lipinski definition) is 3. The Balaban J connectivity index is 2.27. The van der Waals surface area contributed by atoms with Crippen LogP contribution in [0, 0.1) is 0 Å². The highest BCUT2D eigenvalue weighted by Gasteiger charge is 2.11. The van der Waals surface area contributed by atoms with E-state index in [2.05, 4.69) is 16.9 Å². The molecule has 0 spiro atoms. The van der Waals surface area contributed by atoms with Crippen LogP contribution in [0.5, 0.6) is 0 Å². The highest BCUT2D eigenvalue weighted by molar-refractivity contribution is 5.70. The van der Waals surface area contributed by atoms with Crippen LogP contribution in [-0.4, -0.2) is 20.6 Å². The van der Waals surface area contributed by atoms with E-state index in [1.807, 2.05) is 23.7 Å². The third kappa shape index (κ3) is 2.07. The van der Waals surface area contributed by atoms with E-state index in [0.29, 0.717) is 0 Å². The fourth-order valence-electron chi connectivity index (χ4n) is 1.96. The van der Waals surface area contributed by atoms with Gasteiger partial charge in [0.15, 0.2) is 5.65 Å². The highest BCUT2D eigenvalue weighted by Crippen LogP contribution is 2.13. The van der Waals surface area contributed by atoms with Crippen molar-refractivity contribution in [2.75, 3.05) is 0 Å². The van der Waals surface area contributed by atoms with Gasteiger partial charge in [0.2, 0.25) is 0 Å². The smallest absolute Gasteiger partial charge is 0.159 e. The molecule has 0 aliphatic heterocycles. The van der Waals surface area contributed by atoms with E-state index in [0.717, 1.165) is 36.3 Å². The van der Waals surface area contributed by atoms with E-state index in [1.165, 1.54) is 0 Å². The predicted octanol–water partition coefficient (Wildman–Crippen LogP) is 1.64. The van der Waals surface area contributed by atoms with Gasteiger partial charge in [0.1, 0.15) is 11.3 Å². The lowest BCUT2D eigenvalue weighted by molar-refractivity contribution is 0.575. The number of nitrogens with two attached hydrogens (primary N) is 1. The van der Waals surface area contributed by atoms with Crippen LogP contribution in [0.3, 0.4) is 0 Å². The molecule has 1 atom stereocenters. The Bertz CT molecular complexity index is 475. The first-order valence-corrected chi connectivity index (χ1v) is 5.74. The molecule has 0 saturated heterocycles. The van der Waals surface area contributed by atoms with E-state index < -0.39 is 0 Å². The Labute approximate surface area is 95.5 Å². The largest absolute Gasteiger partial charge is 0.327 e. The Kier molecular flexibility index (Phi) is 3.19. The number of aromatic nitrogens is 3. The van der Waals surface area contributed by atoms with Gasteiger partial charge >= 0.3 is 0 Å². The van der Waals surface area contributed by atoms with E-state index in [1.54, 1.807) is 6.20 Å². The maximum absolute atomic E-state index is 6.03. The SMILES string of the molecule is CCCC(N)Cc1nc2cccnc2n1C. The summed E-state index contributed by atoms with van der Waals surface area (Å²) < 4.78 is 2.03. The van der Waals surface area contributed by atoms with Crippen molar-refractivity contribution < 1.29 is 0 Å². The molecule has 4 heteroatoms. The van der Waals surface area contributed by atoms with Crippen molar-refractivity contribution in [1.29, 1.82) is 0 Å². The summed E-state index contributed by atoms with van der Waals surface area (Å²) in [6, 6.07) is 4.09. The van der Waals surface area contributed by atoms with Crippen molar-refractivity contribution in [3.05, 3.63) is 24.2 Å². The number of aryl methyl sites for hydroxylation is 1. The van der Waals surface area contributed by atoms with Crippen molar-refractivity contribution in [3.8, 4) is 0 Å². The van der Waals surface area contributed by atoms with Gasteiger partial charge < -0.3 is 10.3 Å². The summed E-state index contributed by atoms with van der Waals surface area (Å²) in [5.41, 5.74) is 7.91. The van der Waals surface area contributed by atoms with Crippen LogP contribution in [0.2, 0.25) is 0 Å². The maximum atomic E-state index is 6.03. The number of imidazole rings is 1. The monoisotopic (exact) mass is 218 g/mol. The Morgan fingerprint density at radius 2 is 2.31 bits per heavy atom. The van der Waals surface area contributed by atoms with E-state index in [9.17, 15) is 0 Å². The lowest BCUT2D eigenvalue weighted by Crippen LogP contribution is -2.24. The minimum absolute atomic E-state index is 0.195. The molecule has 4 nitrogen and oxygen atoms in total. The van der Waals surface area contributed by atoms with Crippen LogP contribution in [0.25, 0.3) is 11.2 Å². The van der Waals surface area contributed by atoms with E-state index in [4.69, 9.17) is 5.73 Å². The second-order valence-electron chi connectivity index (χ2n) is 4.19. The van der Waals surface area contributed by atoms with Gasteiger partial charge in [-0.2, -0.15) is 0 Å². The van der Waals surface area contributed by atoms with Gasteiger partial charge in [-0.3, -0.25) is 0 Å². The van der Waals surface area contributed by atoms with Crippen molar-refractivity contribution in [2.45, 2.75) is 32.2 Å². The summed E-state index contributed by atoms with van der Waals surface area (Å²) in [6.45, 7) is 2.15. The summed E-state index contributed by atoms with van der Waals surface area (Å²) in [5, 5.41) is 0. The zero-order chi connectivity index (χ0) is 11.5. The van der Waals surface area contributed by atoms with Gasteiger partial charge in [-0.25, -0.2) is 9.97 Å². The molecule has 2 aromatic heterocycles. The molecule has 0 aliphatic rings. The number of rotatable bonds is 4. The third-order valence-corrected chi connectivity index (χ3v) is 2.82. The fourth-order valence-corrected chi connectivity index (χ4v) is 1.96. The average molecular weight is 218 g/mol. The van der Waals surface area contributed by atoms with Gasteiger partial charge in [0.25, 0.3) is 0 Å². The number of hydrogen-bond donors (Lipinski definition) is 1. The molecule has 0 amide bonds. The van der Waals surface area contributed by atoms with Crippen molar-refractivity contribution in [3.63, 3.8) is 0 Å². The average Bonchev–Trinajstić information content (AvgIpc) is 2.57. The van der Waals surface area contributed by atoms with Gasteiger partial charge in [-0.05, 0) is 18.6 Å². The van der Waals surface area contributed by atoms with Gasteiger partial charge in [0, 0.05) is 25.7 Å². The molecular weight excluding hydrogens is 200 g/mol. The zero-order valence-corrected chi connectivity index (χ0v) is 9.85. The second kappa shape index (κ2) is 4.61. The minimum atomic E-state index is 0.195. The second-order valence-corrected chi connectivity index (χ2v) is 4.19. The number of nitrogens with zero attached hydrogens (tertiary/aromatic N) is 3. The molecule has 0 saturated carbocycles. The summed E-state index contributed by atoms with van der Waals surface area (Å²) in [7, 11) is 2.00. The summed E-state index contributed by atoms with van der Waals surface area (Å²) >= 11 is 0. The highest BCUT2D eigenvalue weighted by atomic mass is 15.1. The first-order valence-electron chi connectivity index (χ1n) is 5.74. The lowest BCUT2D eigenvalue weighted by atomic mass is 10.1. The normalized spacial score (nSPS) is 13.2. The summed E-state index contributed by atoms with van der Waals surface area (Å²) in [4.78, 5) is 8.87. The Morgan fingerprint density at radius 3 is 3.00 bits per heavy atom. The first kappa shape index (κ1) is 11.1. The van der Waals surface area contributed by atoms with Crippen molar-refractivity contribution >= 4 is 11.2 Å². The van der Waals surface area contributed by atoms with Gasteiger partial charge in [-0.1, -0.05) is 13.3 Å². The minimum Gasteiger partial charge on any atom is -0.327 e. The number of fused-ring (bicyclic) bond motifs is 1. The molecule has 2 aromatic rings. The quantitative estimate of drug-likeness (QED) is 0.848. The molecule has 2 rings (SSSR count). The molecule has 86 valence electrons. The standard InChI is InChI=1S/C12H18N4/c1-3-5-9(13)8-11-15-10-6-4-7-14-12(10)16(11)2/h4,6-7,9H,3,5,8,13H2,1-2H3. The van der Waals surface area contributed by atoms with E-state index in [-0.39, 0.29) is 6.04 Å². The molecule has 0 radical (unpaired) electrons. The lowest BCUT2D eigenvalue weighted by Gasteiger charge is -2.09. The molecule has 2 heterocycles. The molecule has 1 unspecified atom stereocenters. The van der Waals surface area contributed by atoms with Crippen molar-refractivity contribution in [1.82, 2.24) is 14.5 Å². The van der Waals surface area contributed by atoms with Crippen LogP contribution in [0.15, 0.2) is 18.3 Å². The van der Waals surface area contributed by atoms with Crippen LogP contribution >= 0.6 is 0 Å². The van der Waals surface area contributed by atoms with Gasteiger partial charge in [-0.15, -0.1) is 0 Å². The third-order valence-electron chi connectivity index (χ3n) is 2.82. The maximum Gasteiger partial charge on any atom is 0.159 e. The van der Waals surface area contributed by atoms with Crippen LogP contribution in [-0.2, 0) is 13.5 Å². The van der Waals surface area contributed by atoms with E-state index >= 15 is 0 Å². The Hall–Kier alpha value is -1.42. The zero-order valence-electron chi connectivity index (χ0n) is 9.85. The van der Waals surface area contributed by atoms with Crippen molar-refractivity contribution in [2.24, 2.45) is 12.8 Å².